The van der Waals surface area contributed by atoms with E-state index in [0.29, 0.717) is 11.3 Å². The van der Waals surface area contributed by atoms with E-state index in [1.807, 2.05) is 0 Å². The molecule has 0 aliphatic rings. The second-order valence-corrected chi connectivity index (χ2v) is 6.54. The summed E-state index contributed by atoms with van der Waals surface area (Å²) >= 11 is 0.613. The number of carboxylic acid groups (broad SMARTS) is 1. The number of ether oxygens (including phenoxy) is 1. The molecule has 7 nitrogen and oxygen atoms in total. The summed E-state index contributed by atoms with van der Waals surface area (Å²) in [4.78, 5) is 21.9. The first-order valence-electron chi connectivity index (χ1n) is 5.30. The van der Waals surface area contributed by atoms with Gasteiger partial charge in [-0.3, -0.25) is 4.79 Å². The predicted octanol–water partition coefficient (Wildman–Crippen LogP) is 0.676. The number of thiophene rings is 1. The molecule has 0 aliphatic carbocycles. The number of rotatable bonds is 6. The minimum absolute atomic E-state index is 0.0934. The van der Waals surface area contributed by atoms with E-state index >= 15 is 0 Å². The third-order valence-electron chi connectivity index (χ3n) is 2.03. The van der Waals surface area contributed by atoms with Crippen LogP contribution in [0, 0.1) is 0 Å². The largest absolute Gasteiger partial charge is 0.477 e. The van der Waals surface area contributed by atoms with Crippen molar-refractivity contribution in [3.05, 3.63) is 17.0 Å². The molecule has 1 atom stereocenters. The summed E-state index contributed by atoms with van der Waals surface area (Å²) in [5.74, 6) is -1.90. The molecule has 0 saturated carbocycles. The van der Waals surface area contributed by atoms with E-state index in [0.717, 1.165) is 0 Å². The van der Waals surface area contributed by atoms with Crippen molar-refractivity contribution >= 4 is 33.3 Å². The number of hydrogen-bond acceptors (Lipinski definition) is 6. The molecule has 0 bridgehead atoms. The van der Waals surface area contributed by atoms with Gasteiger partial charge in [0, 0.05) is 0 Å². The standard InChI is InChI=1S/C10H13NO6S2/c1-3-17-10(14)6(2)11-19(15,16)8-5-4-7(18-8)9(12)13/h4-6,11H,3H2,1-2H3,(H,12,13). The summed E-state index contributed by atoms with van der Waals surface area (Å²) in [7, 11) is -3.93. The monoisotopic (exact) mass is 307 g/mol. The van der Waals surface area contributed by atoms with Crippen LogP contribution in [0.1, 0.15) is 23.5 Å². The number of carbonyl (C=O) groups excluding carboxylic acids is 1. The van der Waals surface area contributed by atoms with Gasteiger partial charge < -0.3 is 9.84 Å². The number of nitrogens with one attached hydrogen (secondary N) is 1. The first-order chi connectivity index (χ1) is 8.77. The molecule has 0 radical (unpaired) electrons. The summed E-state index contributed by atoms with van der Waals surface area (Å²) in [6.07, 6.45) is 0. The lowest BCUT2D eigenvalue weighted by Crippen LogP contribution is -2.39. The molecule has 1 heterocycles. The highest BCUT2D eigenvalue weighted by molar-refractivity contribution is 7.91. The van der Waals surface area contributed by atoms with Crippen LogP contribution in [0.3, 0.4) is 0 Å². The van der Waals surface area contributed by atoms with Crippen LogP contribution in [0.15, 0.2) is 16.3 Å². The Morgan fingerprint density at radius 2 is 2.11 bits per heavy atom. The maximum Gasteiger partial charge on any atom is 0.345 e. The smallest absolute Gasteiger partial charge is 0.345 e. The maximum atomic E-state index is 11.9. The van der Waals surface area contributed by atoms with Crippen molar-refractivity contribution in [3.8, 4) is 0 Å². The number of carbonyl (C=O) groups is 2. The highest BCUT2D eigenvalue weighted by Crippen LogP contribution is 2.21. The Kier molecular flexibility index (Phi) is 5.04. The van der Waals surface area contributed by atoms with E-state index in [1.165, 1.54) is 19.1 Å². The Morgan fingerprint density at radius 3 is 2.58 bits per heavy atom. The average molecular weight is 307 g/mol. The van der Waals surface area contributed by atoms with Gasteiger partial charge in [0.05, 0.1) is 6.61 Å². The van der Waals surface area contributed by atoms with Gasteiger partial charge in [-0.2, -0.15) is 4.72 Å². The van der Waals surface area contributed by atoms with E-state index in [1.54, 1.807) is 6.92 Å². The highest BCUT2D eigenvalue weighted by atomic mass is 32.2. The van der Waals surface area contributed by atoms with Crippen molar-refractivity contribution in [2.45, 2.75) is 24.1 Å². The summed E-state index contributed by atoms with van der Waals surface area (Å²) in [5, 5.41) is 8.73. The highest BCUT2D eigenvalue weighted by Gasteiger charge is 2.25. The third kappa shape index (κ3) is 4.01. The zero-order valence-corrected chi connectivity index (χ0v) is 11.9. The van der Waals surface area contributed by atoms with Crippen molar-refractivity contribution < 1.29 is 27.9 Å². The Morgan fingerprint density at radius 1 is 1.47 bits per heavy atom. The molecule has 2 N–H and O–H groups in total. The van der Waals surface area contributed by atoms with Crippen LogP contribution in [0.25, 0.3) is 0 Å². The van der Waals surface area contributed by atoms with E-state index in [9.17, 15) is 18.0 Å². The third-order valence-corrected chi connectivity index (χ3v) is 5.13. The second kappa shape index (κ2) is 6.13. The Labute approximate surface area is 114 Å². The molecule has 0 fully saturated rings. The summed E-state index contributed by atoms with van der Waals surface area (Å²) in [6.45, 7) is 3.10. The first kappa shape index (κ1) is 15.6. The quantitative estimate of drug-likeness (QED) is 0.748. The van der Waals surface area contributed by atoms with E-state index < -0.39 is 28.0 Å². The first-order valence-corrected chi connectivity index (χ1v) is 7.60. The molecular formula is C10H13NO6S2. The van der Waals surface area contributed by atoms with Gasteiger partial charge in [-0.1, -0.05) is 0 Å². The lowest BCUT2D eigenvalue weighted by Gasteiger charge is -2.11. The summed E-state index contributed by atoms with van der Waals surface area (Å²) in [5.41, 5.74) is 0. The zero-order valence-electron chi connectivity index (χ0n) is 10.2. The molecule has 0 saturated heterocycles. The molecule has 0 aromatic carbocycles. The van der Waals surface area contributed by atoms with Crippen molar-refractivity contribution in [1.82, 2.24) is 4.72 Å². The molecule has 19 heavy (non-hydrogen) atoms. The maximum absolute atomic E-state index is 11.9. The molecule has 0 amide bonds. The van der Waals surface area contributed by atoms with Crippen molar-refractivity contribution in [2.24, 2.45) is 0 Å². The van der Waals surface area contributed by atoms with Crippen molar-refractivity contribution in [2.75, 3.05) is 6.61 Å². The number of carboxylic acids is 1. The van der Waals surface area contributed by atoms with E-state index in [4.69, 9.17) is 5.11 Å². The van der Waals surface area contributed by atoms with E-state index in [-0.39, 0.29) is 15.7 Å². The van der Waals surface area contributed by atoms with Gasteiger partial charge in [0.25, 0.3) is 10.0 Å². The fourth-order valence-corrected chi connectivity index (χ4v) is 3.54. The fraction of sp³-hybridized carbons (Fsp3) is 0.400. The number of hydrogen-bond donors (Lipinski definition) is 2. The van der Waals surface area contributed by atoms with Crippen molar-refractivity contribution in [1.29, 1.82) is 0 Å². The number of esters is 1. The van der Waals surface area contributed by atoms with Crippen LogP contribution >= 0.6 is 11.3 Å². The lowest BCUT2D eigenvalue weighted by molar-refractivity contribution is -0.144. The van der Waals surface area contributed by atoms with Gasteiger partial charge in [-0.05, 0) is 26.0 Å². The predicted molar refractivity (Wildman–Crippen MR) is 67.7 cm³/mol. The Hall–Kier alpha value is -1.45. The van der Waals surface area contributed by atoms with Crippen LogP contribution in [0.5, 0.6) is 0 Å². The molecule has 0 aliphatic heterocycles. The minimum atomic E-state index is -3.93. The number of sulfonamides is 1. The van der Waals surface area contributed by atoms with Crippen LogP contribution in [-0.4, -0.2) is 38.1 Å². The Bertz CT molecular complexity index is 577. The molecule has 0 spiro atoms. The van der Waals surface area contributed by atoms with Crippen LogP contribution in [0.2, 0.25) is 0 Å². The van der Waals surface area contributed by atoms with Crippen LogP contribution in [-0.2, 0) is 19.6 Å². The van der Waals surface area contributed by atoms with Gasteiger partial charge in [0.1, 0.15) is 15.1 Å². The summed E-state index contributed by atoms with van der Waals surface area (Å²) < 4.78 is 30.4. The fourth-order valence-electron chi connectivity index (χ4n) is 1.19. The summed E-state index contributed by atoms with van der Waals surface area (Å²) in [6, 6.07) is 1.32. The average Bonchev–Trinajstić information content (AvgIpc) is 2.78. The van der Waals surface area contributed by atoms with Gasteiger partial charge in [0.2, 0.25) is 0 Å². The normalized spacial score (nSPS) is 12.9. The zero-order chi connectivity index (χ0) is 14.6. The molecule has 1 unspecified atom stereocenters. The SMILES string of the molecule is CCOC(=O)C(C)NS(=O)(=O)c1ccc(C(=O)O)s1. The molecule has 106 valence electrons. The Balaban J connectivity index is 2.86. The van der Waals surface area contributed by atoms with E-state index in [2.05, 4.69) is 9.46 Å². The van der Waals surface area contributed by atoms with Crippen LogP contribution < -0.4 is 4.72 Å². The lowest BCUT2D eigenvalue weighted by atomic mass is 10.4. The molecule has 1 rings (SSSR count). The van der Waals surface area contributed by atoms with Crippen molar-refractivity contribution in [3.63, 3.8) is 0 Å². The van der Waals surface area contributed by atoms with Gasteiger partial charge in [-0.25, -0.2) is 13.2 Å². The molecular weight excluding hydrogens is 294 g/mol. The van der Waals surface area contributed by atoms with Gasteiger partial charge >= 0.3 is 11.9 Å². The number of aromatic carboxylic acids is 1. The van der Waals surface area contributed by atoms with Gasteiger partial charge in [0.15, 0.2) is 0 Å². The minimum Gasteiger partial charge on any atom is -0.477 e. The topological polar surface area (TPSA) is 110 Å². The molecule has 9 heteroatoms. The van der Waals surface area contributed by atoms with Gasteiger partial charge in [-0.15, -0.1) is 11.3 Å². The van der Waals surface area contributed by atoms with Crippen LogP contribution in [0.4, 0.5) is 0 Å². The second-order valence-electron chi connectivity index (χ2n) is 3.52. The molecule has 1 aromatic rings. The molecule has 1 aromatic heterocycles.